The summed E-state index contributed by atoms with van der Waals surface area (Å²) in [5.41, 5.74) is 0. The van der Waals surface area contributed by atoms with E-state index in [1.165, 1.54) is 0 Å². The molecule has 2 rings (SSSR count). The van der Waals surface area contributed by atoms with Crippen molar-refractivity contribution in [3.63, 3.8) is 0 Å². The molecule has 0 saturated carbocycles. The molecule has 0 aromatic rings. The minimum Gasteiger partial charge on any atom is -1.00 e. The zero-order valence-electron chi connectivity index (χ0n) is 7.03. The third-order valence-corrected chi connectivity index (χ3v) is 1.11. The smallest absolute Gasteiger partial charge is 0.00506 e. The Hall–Kier alpha value is 0.410. The fourth-order valence-corrected chi connectivity index (χ4v) is 0.642. The van der Waals surface area contributed by atoms with Gasteiger partial charge < -0.3 is 24.8 Å². The molecular formula is C10H10Cl2Hf-2. The van der Waals surface area contributed by atoms with Crippen molar-refractivity contribution in [1.82, 2.24) is 0 Å². The van der Waals surface area contributed by atoms with Crippen LogP contribution in [0.5, 0.6) is 0 Å². The molecule has 0 saturated heterocycles. The van der Waals surface area contributed by atoms with Crippen molar-refractivity contribution in [2.45, 2.75) is 0 Å². The fourth-order valence-electron chi connectivity index (χ4n) is 0.642. The molecule has 2 aliphatic rings. The summed E-state index contributed by atoms with van der Waals surface area (Å²) in [6.45, 7) is 0. The van der Waals surface area contributed by atoms with Crippen LogP contribution in [0.2, 0.25) is 0 Å². The van der Waals surface area contributed by atoms with E-state index in [0.29, 0.717) is 0 Å². The van der Waals surface area contributed by atoms with Crippen LogP contribution in [0.15, 0.2) is 48.6 Å². The molecule has 70 valence electrons. The predicted molar refractivity (Wildman–Crippen MR) is 45.2 cm³/mol. The Kier molecular flexibility index (Phi) is 21.9. The van der Waals surface area contributed by atoms with E-state index in [4.69, 9.17) is 0 Å². The van der Waals surface area contributed by atoms with Gasteiger partial charge in [-0.1, -0.05) is 48.6 Å². The van der Waals surface area contributed by atoms with Gasteiger partial charge in [-0.2, -0.15) is 0 Å². The topological polar surface area (TPSA) is 0 Å². The van der Waals surface area contributed by atoms with Gasteiger partial charge in [-0.15, -0.1) is 0 Å². The normalized spacial score (nSPS) is 13.5. The molecule has 0 spiro atoms. The number of rotatable bonds is 0. The van der Waals surface area contributed by atoms with Crippen LogP contribution in [0.3, 0.4) is 0 Å². The van der Waals surface area contributed by atoms with Crippen LogP contribution < -0.4 is 24.8 Å². The van der Waals surface area contributed by atoms with E-state index in [-0.39, 0.29) is 50.7 Å². The third-order valence-electron chi connectivity index (χ3n) is 1.11. The average molecular weight is 380 g/mol. The van der Waals surface area contributed by atoms with Gasteiger partial charge in [0.1, 0.15) is 0 Å². The molecule has 0 atom stereocenters. The Labute approximate surface area is 111 Å². The minimum atomic E-state index is 0. The van der Waals surface area contributed by atoms with Crippen LogP contribution >= 0.6 is 0 Å². The van der Waals surface area contributed by atoms with Crippen LogP contribution in [0, 0.1) is 12.8 Å². The van der Waals surface area contributed by atoms with Crippen LogP contribution in [0.4, 0.5) is 0 Å². The van der Waals surface area contributed by atoms with E-state index < -0.39 is 0 Å². The Morgan fingerprint density at radius 3 is 0.692 bits per heavy atom. The van der Waals surface area contributed by atoms with Crippen LogP contribution in [0.1, 0.15) is 0 Å². The maximum atomic E-state index is 2.00. The van der Waals surface area contributed by atoms with Gasteiger partial charge in [-0.05, 0) is 0 Å². The fraction of sp³-hybridized carbons (Fsp3) is 0. The Morgan fingerprint density at radius 1 is 0.385 bits per heavy atom. The van der Waals surface area contributed by atoms with E-state index in [0.717, 1.165) is 0 Å². The largest absolute Gasteiger partial charge is 1.00 e. The van der Waals surface area contributed by atoms with Gasteiger partial charge in [-0.3, -0.25) is 0 Å². The molecular weight excluding hydrogens is 370 g/mol. The molecule has 0 unspecified atom stereocenters. The van der Waals surface area contributed by atoms with Gasteiger partial charge in [0, 0.05) is 38.7 Å². The minimum absolute atomic E-state index is 0. The molecule has 2 aliphatic carbocycles. The molecule has 3 heteroatoms. The van der Waals surface area contributed by atoms with E-state index in [9.17, 15) is 0 Å². The quantitative estimate of drug-likeness (QED) is 0.386. The zero-order chi connectivity index (χ0) is 7.07. The first kappa shape index (κ1) is 19.1. The monoisotopic (exact) mass is 380 g/mol. The summed E-state index contributed by atoms with van der Waals surface area (Å²) in [4.78, 5) is 0. The van der Waals surface area contributed by atoms with Crippen LogP contribution in [-0.4, -0.2) is 0 Å². The molecule has 0 aromatic carbocycles. The Bertz CT molecular complexity index is 151. The maximum Gasteiger partial charge on any atom is 0.00506 e. The molecule has 2 radical (unpaired) electrons. The van der Waals surface area contributed by atoms with Crippen molar-refractivity contribution in [1.29, 1.82) is 0 Å². The number of hydrogen-bond acceptors (Lipinski definition) is 0. The molecule has 0 amide bonds. The van der Waals surface area contributed by atoms with Crippen molar-refractivity contribution >= 4 is 0 Å². The van der Waals surface area contributed by atoms with Gasteiger partial charge in [0.15, 0.2) is 0 Å². The first-order valence-electron chi connectivity index (χ1n) is 3.33. The van der Waals surface area contributed by atoms with Crippen LogP contribution in [0.25, 0.3) is 0 Å². The number of halogens is 2. The van der Waals surface area contributed by atoms with Gasteiger partial charge in [0.25, 0.3) is 0 Å². The van der Waals surface area contributed by atoms with Crippen molar-refractivity contribution in [2.24, 2.45) is 0 Å². The van der Waals surface area contributed by atoms with Gasteiger partial charge in [0.05, 0.1) is 0 Å². The third kappa shape index (κ3) is 12.4. The van der Waals surface area contributed by atoms with Crippen molar-refractivity contribution in [3.05, 3.63) is 61.4 Å². The van der Waals surface area contributed by atoms with E-state index >= 15 is 0 Å². The molecule has 0 aliphatic heterocycles. The maximum absolute atomic E-state index is 2.00. The number of allylic oxidation sites excluding steroid dienone is 8. The summed E-state index contributed by atoms with van der Waals surface area (Å²) < 4.78 is 0. The van der Waals surface area contributed by atoms with E-state index in [1.807, 2.05) is 61.4 Å². The molecule has 0 nitrogen and oxygen atoms in total. The number of hydrogen-bond donors (Lipinski definition) is 0. The first-order chi connectivity index (χ1) is 5.00. The average Bonchev–Trinajstić information content (AvgIpc) is 2.67. The Balaban J connectivity index is -0.000000125. The second-order valence-corrected chi connectivity index (χ2v) is 1.92. The van der Waals surface area contributed by atoms with Gasteiger partial charge in [0.2, 0.25) is 0 Å². The molecule has 0 bridgehead atoms. The Morgan fingerprint density at radius 2 is 0.615 bits per heavy atom. The molecule has 0 fully saturated rings. The first-order valence-corrected chi connectivity index (χ1v) is 3.33. The zero-order valence-corrected chi connectivity index (χ0v) is 12.1. The predicted octanol–water partition coefficient (Wildman–Crippen LogP) is -3.36. The van der Waals surface area contributed by atoms with E-state index in [1.54, 1.807) is 0 Å². The standard InChI is InChI=1S/2C5H5.2ClH.Hf/c2*1-2-4-5-3-1;;;/h2*1-5H;2*1H;/p-2. The van der Waals surface area contributed by atoms with Crippen molar-refractivity contribution < 1.29 is 50.7 Å². The molecule has 0 heterocycles. The summed E-state index contributed by atoms with van der Waals surface area (Å²) in [5.74, 6) is 0. The summed E-state index contributed by atoms with van der Waals surface area (Å²) in [6, 6.07) is 0. The summed E-state index contributed by atoms with van der Waals surface area (Å²) >= 11 is 0. The molecule has 13 heavy (non-hydrogen) atoms. The van der Waals surface area contributed by atoms with Crippen molar-refractivity contribution in [3.8, 4) is 0 Å². The molecule has 0 aromatic heterocycles. The van der Waals surface area contributed by atoms with Gasteiger partial charge in [-0.25, -0.2) is 0 Å². The summed E-state index contributed by atoms with van der Waals surface area (Å²) in [5, 5.41) is 0. The van der Waals surface area contributed by atoms with Crippen molar-refractivity contribution in [2.75, 3.05) is 0 Å². The van der Waals surface area contributed by atoms with E-state index in [2.05, 4.69) is 0 Å². The molecule has 0 N–H and O–H groups in total. The second kappa shape index (κ2) is 14.9. The SMILES string of the molecule is [CH]1C=CC=C1.[CH]1C=CC=C1.[Cl-].[Cl-].[Hf]. The summed E-state index contributed by atoms with van der Waals surface area (Å²) in [7, 11) is 0. The van der Waals surface area contributed by atoms with Crippen LogP contribution in [-0.2, 0) is 25.8 Å². The summed E-state index contributed by atoms with van der Waals surface area (Å²) in [6.07, 6.45) is 20.0. The van der Waals surface area contributed by atoms with Gasteiger partial charge >= 0.3 is 0 Å². The second-order valence-electron chi connectivity index (χ2n) is 1.92.